The molecule has 1 aromatic heterocycles. The summed E-state index contributed by atoms with van der Waals surface area (Å²) in [5, 5.41) is 0. The van der Waals surface area contributed by atoms with Gasteiger partial charge in [0.1, 0.15) is 23.2 Å². The Morgan fingerprint density at radius 3 is 2.45 bits per heavy atom. The molecule has 0 aliphatic rings. The van der Waals surface area contributed by atoms with Gasteiger partial charge in [0.2, 0.25) is 10.0 Å². The predicted octanol–water partition coefficient (Wildman–Crippen LogP) is 4.21. The second kappa shape index (κ2) is 8.58. The standard InChI is InChI=1S/C19H22F3NO5S/c1-11(2)17(13-6-5-7-14(8-13)19(20,21)22)28-18(24)16-9-15(27-12(16)3)10-23-29(4,25)26/h5-9,11,17,23H,10H2,1-4H3. The van der Waals surface area contributed by atoms with E-state index in [1.54, 1.807) is 13.8 Å². The van der Waals surface area contributed by atoms with Gasteiger partial charge < -0.3 is 9.15 Å². The van der Waals surface area contributed by atoms with E-state index in [9.17, 15) is 26.4 Å². The van der Waals surface area contributed by atoms with Crippen molar-refractivity contribution in [3.8, 4) is 0 Å². The van der Waals surface area contributed by atoms with Crippen LogP contribution in [0.25, 0.3) is 0 Å². The fourth-order valence-electron chi connectivity index (χ4n) is 2.70. The molecule has 1 unspecified atom stereocenters. The maximum Gasteiger partial charge on any atom is 0.416 e. The molecule has 160 valence electrons. The van der Waals surface area contributed by atoms with E-state index in [1.165, 1.54) is 25.1 Å². The summed E-state index contributed by atoms with van der Waals surface area (Å²) < 4.78 is 74.5. The van der Waals surface area contributed by atoms with Gasteiger partial charge in [-0.05, 0) is 36.6 Å². The molecule has 0 saturated carbocycles. The molecule has 0 amide bonds. The summed E-state index contributed by atoms with van der Waals surface area (Å²) in [6.07, 6.45) is -4.43. The Morgan fingerprint density at radius 2 is 1.90 bits per heavy atom. The van der Waals surface area contributed by atoms with Gasteiger partial charge in [0.25, 0.3) is 0 Å². The van der Waals surface area contributed by atoms with Gasteiger partial charge in [0.15, 0.2) is 0 Å². The quantitative estimate of drug-likeness (QED) is 0.661. The molecule has 6 nitrogen and oxygen atoms in total. The number of aryl methyl sites for hydroxylation is 1. The Balaban J connectivity index is 2.24. The second-order valence-corrected chi connectivity index (χ2v) is 8.80. The highest BCUT2D eigenvalue weighted by Gasteiger charge is 2.32. The number of benzene rings is 1. The Labute approximate surface area is 167 Å². The molecule has 2 rings (SSSR count). The summed E-state index contributed by atoms with van der Waals surface area (Å²) in [4.78, 5) is 12.6. The van der Waals surface area contributed by atoms with Crippen molar-refractivity contribution in [3.05, 3.63) is 58.5 Å². The first-order chi connectivity index (χ1) is 13.3. The number of rotatable bonds is 7. The van der Waals surface area contributed by atoms with Crippen LogP contribution in [-0.2, 0) is 27.5 Å². The first-order valence-corrected chi connectivity index (χ1v) is 10.6. The van der Waals surface area contributed by atoms with Crippen LogP contribution in [0.3, 0.4) is 0 Å². The van der Waals surface area contributed by atoms with Crippen molar-refractivity contribution in [1.82, 2.24) is 4.72 Å². The maximum atomic E-state index is 13.0. The third kappa shape index (κ3) is 6.33. The van der Waals surface area contributed by atoms with E-state index in [0.717, 1.165) is 18.4 Å². The SMILES string of the molecule is Cc1oc(CNS(C)(=O)=O)cc1C(=O)OC(c1cccc(C(F)(F)F)c1)C(C)C. The first-order valence-electron chi connectivity index (χ1n) is 8.70. The number of furan rings is 1. The number of carbonyl (C=O) groups excluding carboxylic acids is 1. The first kappa shape index (κ1) is 23.0. The monoisotopic (exact) mass is 433 g/mol. The predicted molar refractivity (Wildman–Crippen MR) is 99.6 cm³/mol. The van der Waals surface area contributed by atoms with Crippen LogP contribution in [0.5, 0.6) is 0 Å². The van der Waals surface area contributed by atoms with Crippen molar-refractivity contribution >= 4 is 16.0 Å². The van der Waals surface area contributed by atoms with Gasteiger partial charge in [-0.1, -0.05) is 26.0 Å². The Kier molecular flexibility index (Phi) is 6.79. The zero-order valence-electron chi connectivity index (χ0n) is 16.3. The van der Waals surface area contributed by atoms with Crippen LogP contribution in [0.15, 0.2) is 34.7 Å². The van der Waals surface area contributed by atoms with Crippen LogP contribution in [0.2, 0.25) is 0 Å². The summed E-state index contributed by atoms with van der Waals surface area (Å²) >= 11 is 0. The molecule has 1 N–H and O–H groups in total. The van der Waals surface area contributed by atoms with Crippen molar-refractivity contribution in [2.24, 2.45) is 5.92 Å². The fraction of sp³-hybridized carbons (Fsp3) is 0.421. The second-order valence-electron chi connectivity index (χ2n) is 6.97. The lowest BCUT2D eigenvalue weighted by Crippen LogP contribution is -2.20. The number of hydrogen-bond donors (Lipinski definition) is 1. The van der Waals surface area contributed by atoms with Crippen LogP contribution >= 0.6 is 0 Å². The molecule has 0 bridgehead atoms. The minimum absolute atomic E-state index is 0.0768. The molecule has 10 heteroatoms. The number of halogens is 3. The smallest absolute Gasteiger partial charge is 0.416 e. The molecule has 0 radical (unpaired) electrons. The Hall–Kier alpha value is -2.33. The van der Waals surface area contributed by atoms with Crippen LogP contribution in [0.4, 0.5) is 13.2 Å². The minimum atomic E-state index is -4.51. The van der Waals surface area contributed by atoms with Crippen LogP contribution in [0, 0.1) is 12.8 Å². The molecular formula is C19H22F3NO5S. The lowest BCUT2D eigenvalue weighted by atomic mass is 9.97. The maximum absolute atomic E-state index is 13.0. The van der Waals surface area contributed by atoms with E-state index >= 15 is 0 Å². The number of carbonyl (C=O) groups is 1. The third-order valence-electron chi connectivity index (χ3n) is 4.08. The fourth-order valence-corrected chi connectivity index (χ4v) is 3.10. The van der Waals surface area contributed by atoms with Gasteiger partial charge in [-0.2, -0.15) is 13.2 Å². The van der Waals surface area contributed by atoms with Gasteiger partial charge in [-0.15, -0.1) is 0 Å². The Bertz CT molecular complexity index is 980. The van der Waals surface area contributed by atoms with E-state index in [2.05, 4.69) is 4.72 Å². The highest BCUT2D eigenvalue weighted by atomic mass is 32.2. The summed E-state index contributed by atoms with van der Waals surface area (Å²) in [6.45, 7) is 4.81. The number of ether oxygens (including phenoxy) is 1. The molecule has 0 spiro atoms. The third-order valence-corrected chi connectivity index (χ3v) is 4.75. The molecule has 0 fully saturated rings. The average Bonchev–Trinajstić information content (AvgIpc) is 2.97. The number of alkyl halides is 3. The van der Waals surface area contributed by atoms with E-state index < -0.39 is 33.8 Å². The van der Waals surface area contributed by atoms with E-state index in [4.69, 9.17) is 9.15 Å². The molecule has 1 aromatic carbocycles. The Morgan fingerprint density at radius 1 is 1.24 bits per heavy atom. The molecule has 1 atom stereocenters. The van der Waals surface area contributed by atoms with Crippen molar-refractivity contribution in [3.63, 3.8) is 0 Å². The molecule has 0 aliphatic heterocycles. The summed E-state index contributed by atoms with van der Waals surface area (Å²) in [6, 6.07) is 5.99. The summed E-state index contributed by atoms with van der Waals surface area (Å²) in [5.41, 5.74) is -0.526. The molecule has 0 saturated heterocycles. The number of hydrogen-bond acceptors (Lipinski definition) is 5. The zero-order valence-corrected chi connectivity index (χ0v) is 17.1. The van der Waals surface area contributed by atoms with Crippen LogP contribution in [-0.4, -0.2) is 20.6 Å². The van der Waals surface area contributed by atoms with Gasteiger partial charge in [0, 0.05) is 0 Å². The highest BCUT2D eigenvalue weighted by Crippen LogP contribution is 2.34. The van der Waals surface area contributed by atoms with Crippen molar-refractivity contribution in [2.45, 2.75) is 39.6 Å². The molecule has 2 aromatic rings. The number of esters is 1. The lowest BCUT2D eigenvalue weighted by Gasteiger charge is -2.22. The average molecular weight is 433 g/mol. The van der Waals surface area contributed by atoms with Crippen molar-refractivity contribution in [2.75, 3.05) is 6.26 Å². The largest absolute Gasteiger partial charge is 0.464 e. The number of sulfonamides is 1. The molecular weight excluding hydrogens is 411 g/mol. The topological polar surface area (TPSA) is 85.6 Å². The van der Waals surface area contributed by atoms with E-state index in [0.29, 0.717) is 0 Å². The van der Waals surface area contributed by atoms with Gasteiger partial charge in [0.05, 0.1) is 18.4 Å². The molecule has 1 heterocycles. The van der Waals surface area contributed by atoms with Gasteiger partial charge in [-0.25, -0.2) is 17.9 Å². The highest BCUT2D eigenvalue weighted by molar-refractivity contribution is 7.88. The minimum Gasteiger partial charge on any atom is -0.464 e. The van der Waals surface area contributed by atoms with Crippen LogP contribution < -0.4 is 4.72 Å². The normalized spacial score (nSPS) is 13.5. The van der Waals surface area contributed by atoms with Crippen LogP contribution in [0.1, 0.15) is 53.0 Å². The summed E-state index contributed by atoms with van der Waals surface area (Å²) in [5.74, 6) is -0.638. The molecule has 0 aliphatic carbocycles. The van der Waals surface area contributed by atoms with E-state index in [-0.39, 0.29) is 35.1 Å². The van der Waals surface area contributed by atoms with Crippen molar-refractivity contribution in [1.29, 1.82) is 0 Å². The van der Waals surface area contributed by atoms with E-state index in [1.807, 2.05) is 0 Å². The van der Waals surface area contributed by atoms with Crippen molar-refractivity contribution < 1.29 is 35.5 Å². The summed E-state index contributed by atoms with van der Waals surface area (Å²) in [7, 11) is -3.45. The zero-order chi connectivity index (χ0) is 22.0. The molecule has 29 heavy (non-hydrogen) atoms. The van der Waals surface area contributed by atoms with Gasteiger partial charge in [-0.3, -0.25) is 0 Å². The number of nitrogens with one attached hydrogen (secondary N) is 1. The van der Waals surface area contributed by atoms with Gasteiger partial charge >= 0.3 is 12.1 Å². The lowest BCUT2D eigenvalue weighted by molar-refractivity contribution is -0.137.